The highest BCUT2D eigenvalue weighted by atomic mass is 19.1. The van der Waals surface area contributed by atoms with Crippen molar-refractivity contribution in [3.63, 3.8) is 0 Å². The summed E-state index contributed by atoms with van der Waals surface area (Å²) in [6, 6.07) is 12.3. The molecule has 178 valence electrons. The van der Waals surface area contributed by atoms with Crippen molar-refractivity contribution < 1.29 is 4.39 Å². The van der Waals surface area contributed by atoms with Crippen molar-refractivity contribution in [1.29, 1.82) is 0 Å². The summed E-state index contributed by atoms with van der Waals surface area (Å²) in [5.74, 6) is 0.416. The van der Waals surface area contributed by atoms with Gasteiger partial charge in [-0.3, -0.25) is 5.10 Å². The summed E-state index contributed by atoms with van der Waals surface area (Å²) >= 11 is 0. The molecule has 1 atom stereocenters. The molecule has 2 saturated heterocycles. The second-order valence-corrected chi connectivity index (χ2v) is 9.71. The first-order chi connectivity index (χ1) is 16.7. The van der Waals surface area contributed by atoms with Crippen molar-refractivity contribution in [2.45, 2.75) is 44.7 Å². The molecule has 3 N–H and O–H groups in total. The molecule has 0 bridgehead atoms. The Hall–Kier alpha value is -2.97. The van der Waals surface area contributed by atoms with E-state index in [9.17, 15) is 4.39 Å². The molecule has 4 aromatic rings. The summed E-state index contributed by atoms with van der Waals surface area (Å²) in [7, 11) is 0. The van der Waals surface area contributed by atoms with Crippen LogP contribution in [0, 0.1) is 5.82 Å². The fourth-order valence-electron chi connectivity index (χ4n) is 5.60. The lowest BCUT2D eigenvalue weighted by atomic mass is 9.99. The van der Waals surface area contributed by atoms with Crippen LogP contribution in [0.25, 0.3) is 33.5 Å². The molecular formula is C26H32FN7. The Morgan fingerprint density at radius 1 is 1.03 bits per heavy atom. The smallest absolute Gasteiger partial charge is 0.159 e. The van der Waals surface area contributed by atoms with Gasteiger partial charge in [-0.25, -0.2) is 9.37 Å². The van der Waals surface area contributed by atoms with Crippen LogP contribution in [0.4, 0.5) is 10.1 Å². The first-order valence-corrected chi connectivity index (χ1v) is 12.5. The molecule has 7 nitrogen and oxygen atoms in total. The second kappa shape index (κ2) is 9.00. The van der Waals surface area contributed by atoms with Crippen LogP contribution in [0.3, 0.4) is 0 Å². The number of nitrogens with one attached hydrogen (secondary N) is 3. The lowest BCUT2D eigenvalue weighted by molar-refractivity contribution is 0.185. The standard InChI is InChI=1S/C26H32FN7/c1-2-33-11-3-4-19(16-33)28-18-9-12-34(13-10-18)20-6-8-22-24(15-20)30-26(29-22)25-21-7-5-17(27)14-23(21)31-32-25/h5-8,14-15,18-19,28H,2-4,9-13,16H2,1H3,(H,29,30)(H,31,32). The highest BCUT2D eigenvalue weighted by Gasteiger charge is 2.25. The Labute approximate surface area is 198 Å². The number of likely N-dealkylation sites (N-methyl/N-ethyl adjacent to an activating group) is 1. The lowest BCUT2D eigenvalue weighted by Gasteiger charge is -2.38. The predicted octanol–water partition coefficient (Wildman–Crippen LogP) is 4.29. The summed E-state index contributed by atoms with van der Waals surface area (Å²) in [6.07, 6.45) is 4.95. The normalized spacial score (nSPS) is 20.5. The van der Waals surface area contributed by atoms with Gasteiger partial charge in [-0.05, 0) is 75.2 Å². The minimum absolute atomic E-state index is 0.280. The van der Waals surface area contributed by atoms with Gasteiger partial charge in [0.1, 0.15) is 11.5 Å². The van der Waals surface area contributed by atoms with Crippen molar-refractivity contribution in [3.05, 3.63) is 42.2 Å². The molecule has 6 rings (SSSR count). The topological polar surface area (TPSA) is 75.9 Å². The number of benzene rings is 2. The van der Waals surface area contributed by atoms with Crippen LogP contribution in [0.5, 0.6) is 0 Å². The molecule has 8 heteroatoms. The number of aromatic amines is 2. The number of hydrogen-bond donors (Lipinski definition) is 3. The Balaban J connectivity index is 1.14. The number of piperidine rings is 2. The molecule has 2 aliphatic rings. The van der Waals surface area contributed by atoms with E-state index < -0.39 is 0 Å². The quantitative estimate of drug-likeness (QED) is 0.413. The molecule has 0 amide bonds. The average Bonchev–Trinajstić information content (AvgIpc) is 3.47. The van der Waals surface area contributed by atoms with E-state index in [1.54, 1.807) is 6.07 Å². The van der Waals surface area contributed by atoms with E-state index in [2.05, 4.69) is 55.4 Å². The van der Waals surface area contributed by atoms with Gasteiger partial charge in [0.25, 0.3) is 0 Å². The molecule has 0 spiro atoms. The van der Waals surface area contributed by atoms with Crippen LogP contribution < -0.4 is 10.2 Å². The highest BCUT2D eigenvalue weighted by molar-refractivity contribution is 5.93. The van der Waals surface area contributed by atoms with E-state index in [0.29, 0.717) is 29.1 Å². The molecule has 2 fully saturated rings. The van der Waals surface area contributed by atoms with Gasteiger partial charge >= 0.3 is 0 Å². The summed E-state index contributed by atoms with van der Waals surface area (Å²) < 4.78 is 13.5. The number of halogens is 1. The van der Waals surface area contributed by atoms with Crippen LogP contribution in [0.2, 0.25) is 0 Å². The van der Waals surface area contributed by atoms with Crippen LogP contribution in [-0.2, 0) is 0 Å². The van der Waals surface area contributed by atoms with Gasteiger partial charge in [0, 0.05) is 42.8 Å². The second-order valence-electron chi connectivity index (χ2n) is 9.71. The molecule has 4 heterocycles. The molecule has 2 aromatic carbocycles. The third kappa shape index (κ3) is 4.16. The lowest BCUT2D eigenvalue weighted by Crippen LogP contribution is -2.52. The van der Waals surface area contributed by atoms with Gasteiger partial charge in [0.15, 0.2) is 5.82 Å². The third-order valence-electron chi connectivity index (χ3n) is 7.50. The SMILES string of the molecule is CCN1CCCC(NC2CCN(c3ccc4nc(-c5n[nH]c6cc(F)ccc56)[nH]c4c3)CC2)C1. The van der Waals surface area contributed by atoms with Gasteiger partial charge in [-0.2, -0.15) is 5.10 Å². The number of aromatic nitrogens is 4. The summed E-state index contributed by atoms with van der Waals surface area (Å²) in [4.78, 5) is 13.2. The Bertz CT molecular complexity index is 1290. The van der Waals surface area contributed by atoms with Gasteiger partial charge in [-0.15, -0.1) is 0 Å². The summed E-state index contributed by atoms with van der Waals surface area (Å²) in [5.41, 5.74) is 4.51. The van der Waals surface area contributed by atoms with Crippen LogP contribution in [0.15, 0.2) is 36.4 Å². The number of fused-ring (bicyclic) bond motifs is 2. The van der Waals surface area contributed by atoms with Crippen LogP contribution >= 0.6 is 0 Å². The molecular weight excluding hydrogens is 429 g/mol. The molecule has 1 unspecified atom stereocenters. The number of rotatable bonds is 5. The van der Waals surface area contributed by atoms with E-state index in [1.165, 1.54) is 56.6 Å². The van der Waals surface area contributed by atoms with Crippen LogP contribution in [0.1, 0.15) is 32.6 Å². The fourth-order valence-corrected chi connectivity index (χ4v) is 5.60. The molecule has 34 heavy (non-hydrogen) atoms. The number of anilines is 1. The highest BCUT2D eigenvalue weighted by Crippen LogP contribution is 2.29. The summed E-state index contributed by atoms with van der Waals surface area (Å²) in [6.45, 7) is 7.98. The molecule has 0 radical (unpaired) electrons. The minimum Gasteiger partial charge on any atom is -0.371 e. The first kappa shape index (κ1) is 21.6. The Kier molecular flexibility index (Phi) is 5.71. The van der Waals surface area contributed by atoms with Gasteiger partial charge < -0.3 is 20.1 Å². The maximum absolute atomic E-state index is 13.5. The number of H-pyrrole nitrogens is 2. The van der Waals surface area contributed by atoms with E-state index in [0.717, 1.165) is 36.1 Å². The monoisotopic (exact) mass is 461 g/mol. The number of likely N-dealkylation sites (tertiary alicyclic amines) is 1. The van der Waals surface area contributed by atoms with Crippen molar-refractivity contribution >= 4 is 27.6 Å². The number of nitrogens with zero attached hydrogens (tertiary/aromatic N) is 4. The van der Waals surface area contributed by atoms with Crippen LogP contribution in [-0.4, -0.2) is 69.9 Å². The largest absolute Gasteiger partial charge is 0.371 e. The van der Waals surface area contributed by atoms with E-state index in [-0.39, 0.29) is 5.82 Å². The van der Waals surface area contributed by atoms with Crippen molar-refractivity contribution in [2.24, 2.45) is 0 Å². The summed E-state index contributed by atoms with van der Waals surface area (Å²) in [5, 5.41) is 12.1. The zero-order valence-electron chi connectivity index (χ0n) is 19.6. The molecule has 2 aliphatic heterocycles. The van der Waals surface area contributed by atoms with E-state index in [1.807, 2.05) is 0 Å². The first-order valence-electron chi connectivity index (χ1n) is 12.5. The zero-order valence-corrected chi connectivity index (χ0v) is 19.6. The number of hydrogen-bond acceptors (Lipinski definition) is 5. The van der Waals surface area contributed by atoms with Gasteiger partial charge in [0.2, 0.25) is 0 Å². The average molecular weight is 462 g/mol. The van der Waals surface area contributed by atoms with Crippen molar-refractivity contribution in [3.8, 4) is 11.5 Å². The predicted molar refractivity (Wildman–Crippen MR) is 135 cm³/mol. The van der Waals surface area contributed by atoms with Gasteiger partial charge in [-0.1, -0.05) is 6.92 Å². The molecule has 0 aliphatic carbocycles. The van der Waals surface area contributed by atoms with E-state index in [4.69, 9.17) is 4.98 Å². The number of imidazole rings is 1. The maximum atomic E-state index is 13.5. The molecule has 2 aromatic heterocycles. The zero-order chi connectivity index (χ0) is 23.1. The Morgan fingerprint density at radius 3 is 2.76 bits per heavy atom. The van der Waals surface area contributed by atoms with Crippen molar-refractivity contribution in [2.75, 3.05) is 37.6 Å². The fraction of sp³-hybridized carbons (Fsp3) is 0.462. The Morgan fingerprint density at radius 2 is 1.91 bits per heavy atom. The third-order valence-corrected chi connectivity index (χ3v) is 7.50. The molecule has 0 saturated carbocycles. The van der Waals surface area contributed by atoms with Crippen molar-refractivity contribution in [1.82, 2.24) is 30.4 Å². The van der Waals surface area contributed by atoms with E-state index >= 15 is 0 Å². The maximum Gasteiger partial charge on any atom is 0.159 e. The minimum atomic E-state index is -0.280. The van der Waals surface area contributed by atoms with Gasteiger partial charge in [0.05, 0.1) is 16.6 Å².